The number of rotatable bonds is 7. The highest BCUT2D eigenvalue weighted by molar-refractivity contribution is 8.00. The van der Waals surface area contributed by atoms with Crippen molar-refractivity contribution in [1.29, 1.82) is 0 Å². The first kappa shape index (κ1) is 28.8. The first-order valence-corrected chi connectivity index (χ1v) is 15.4. The van der Waals surface area contributed by atoms with Crippen molar-refractivity contribution >= 4 is 57.9 Å². The molecule has 0 radical (unpaired) electrons. The number of nitrogens with one attached hydrogen (secondary N) is 1. The predicted octanol–water partition coefficient (Wildman–Crippen LogP) is 4.73. The van der Waals surface area contributed by atoms with Crippen molar-refractivity contribution in [3.8, 4) is 5.75 Å². The number of hydrogen-bond acceptors (Lipinski definition) is 8. The first-order chi connectivity index (χ1) is 20.7. The smallest absolute Gasteiger partial charge is 0.308 e. The van der Waals surface area contributed by atoms with Gasteiger partial charge in [0.1, 0.15) is 17.5 Å². The molecule has 0 unspecified atom stereocenters. The summed E-state index contributed by atoms with van der Waals surface area (Å²) in [6, 6.07) is 22.0. The number of ether oxygens (including phenoxy) is 1. The molecule has 3 heterocycles. The van der Waals surface area contributed by atoms with Crippen molar-refractivity contribution in [1.82, 2.24) is 4.57 Å². The molecule has 0 bridgehead atoms. The molecule has 11 heteroatoms. The number of thiazole rings is 1. The van der Waals surface area contributed by atoms with Crippen molar-refractivity contribution in [2.45, 2.75) is 29.7 Å². The number of carbonyl (C=O) groups excluding carboxylic acids is 3. The molecule has 43 heavy (non-hydrogen) atoms. The minimum absolute atomic E-state index is 0.209. The third kappa shape index (κ3) is 5.23. The Balaban J connectivity index is 1.40. The summed E-state index contributed by atoms with van der Waals surface area (Å²) in [4.78, 5) is 58.1. The third-order valence-corrected chi connectivity index (χ3v) is 10.4. The number of aromatic nitrogens is 1. The van der Waals surface area contributed by atoms with Crippen LogP contribution in [0.1, 0.15) is 21.9 Å². The van der Waals surface area contributed by atoms with Gasteiger partial charge in [0.05, 0.1) is 23.7 Å². The van der Waals surface area contributed by atoms with E-state index >= 15 is 0 Å². The monoisotopic (exact) mass is 614 g/mol. The number of carbonyl (C=O) groups is 3. The van der Waals surface area contributed by atoms with Crippen LogP contribution in [0.15, 0.2) is 82.6 Å². The zero-order chi connectivity index (χ0) is 30.4. The topological polar surface area (TPSA) is 101 Å². The van der Waals surface area contributed by atoms with Crippen LogP contribution in [-0.4, -0.2) is 48.7 Å². The summed E-state index contributed by atoms with van der Waals surface area (Å²) in [5, 5.41) is 2.64. The summed E-state index contributed by atoms with van der Waals surface area (Å²) in [7, 11) is 5.44. The average molecular weight is 615 g/mol. The molecule has 1 fully saturated rings. The molecule has 0 aliphatic carbocycles. The van der Waals surface area contributed by atoms with E-state index in [0.29, 0.717) is 27.0 Å². The van der Waals surface area contributed by atoms with Crippen LogP contribution in [0.2, 0.25) is 0 Å². The number of nitrogens with zero attached hydrogens (tertiary/aromatic N) is 3. The molecule has 2 aliphatic heterocycles. The van der Waals surface area contributed by atoms with Crippen molar-refractivity contribution in [2.75, 3.05) is 36.3 Å². The van der Waals surface area contributed by atoms with Crippen molar-refractivity contribution in [2.24, 2.45) is 5.92 Å². The first-order valence-electron chi connectivity index (χ1n) is 13.7. The van der Waals surface area contributed by atoms with Gasteiger partial charge in [-0.1, -0.05) is 52.9 Å². The highest BCUT2D eigenvalue weighted by Crippen LogP contribution is 2.54. The predicted molar refractivity (Wildman–Crippen MR) is 170 cm³/mol. The van der Waals surface area contributed by atoms with E-state index in [1.54, 1.807) is 31.4 Å². The molecule has 3 amide bonds. The lowest BCUT2D eigenvalue weighted by molar-refractivity contribution is -0.122. The van der Waals surface area contributed by atoms with Crippen LogP contribution in [0.3, 0.4) is 0 Å². The molecule has 9 nitrogen and oxygen atoms in total. The average Bonchev–Trinajstić information content (AvgIpc) is 3.44. The Bertz CT molecular complexity index is 1760. The van der Waals surface area contributed by atoms with Gasteiger partial charge >= 0.3 is 4.87 Å². The van der Waals surface area contributed by atoms with E-state index in [2.05, 4.69) is 5.32 Å². The number of hydrogen-bond donors (Lipinski definition) is 1. The number of fused-ring (bicyclic) bond motifs is 2. The van der Waals surface area contributed by atoms with Crippen LogP contribution < -0.4 is 24.7 Å². The minimum Gasteiger partial charge on any atom is -0.497 e. The largest absolute Gasteiger partial charge is 0.497 e. The van der Waals surface area contributed by atoms with Gasteiger partial charge in [0, 0.05) is 36.3 Å². The summed E-state index contributed by atoms with van der Waals surface area (Å²) < 4.78 is 6.68. The Labute approximate surface area is 257 Å². The van der Waals surface area contributed by atoms with Crippen LogP contribution in [0.25, 0.3) is 0 Å². The van der Waals surface area contributed by atoms with Gasteiger partial charge in [-0.15, -0.1) is 0 Å². The number of aryl methyl sites for hydroxylation is 1. The van der Waals surface area contributed by atoms with Gasteiger partial charge < -0.3 is 15.0 Å². The molecule has 1 saturated heterocycles. The maximum Gasteiger partial charge on any atom is 0.308 e. The zero-order valence-corrected chi connectivity index (χ0v) is 25.7. The van der Waals surface area contributed by atoms with Crippen molar-refractivity contribution in [3.05, 3.63) is 98.5 Å². The van der Waals surface area contributed by atoms with Crippen molar-refractivity contribution < 1.29 is 19.1 Å². The molecular weight excluding hydrogens is 585 g/mol. The summed E-state index contributed by atoms with van der Waals surface area (Å²) in [6.07, 6.45) is 0. The van der Waals surface area contributed by atoms with E-state index < -0.39 is 17.1 Å². The van der Waals surface area contributed by atoms with Gasteiger partial charge in [0.25, 0.3) is 0 Å². The molecule has 4 aromatic rings. The number of benzene rings is 3. The number of thioether (sulfide) groups is 1. The molecule has 1 aromatic heterocycles. The number of anilines is 3. The van der Waals surface area contributed by atoms with E-state index in [-0.39, 0.29) is 29.1 Å². The highest BCUT2D eigenvalue weighted by Gasteiger charge is 2.56. The fraction of sp³-hybridized carbons (Fsp3) is 0.250. The second kappa shape index (κ2) is 11.4. The van der Waals surface area contributed by atoms with Gasteiger partial charge in [-0.3, -0.25) is 23.7 Å². The van der Waals surface area contributed by atoms with Gasteiger partial charge in [0.15, 0.2) is 0 Å². The van der Waals surface area contributed by atoms with Gasteiger partial charge in [-0.25, -0.2) is 4.90 Å². The lowest BCUT2D eigenvalue weighted by atomic mass is 9.83. The Kier molecular flexibility index (Phi) is 7.61. The molecule has 0 spiro atoms. The van der Waals surface area contributed by atoms with Crippen LogP contribution in [0.4, 0.5) is 17.1 Å². The van der Waals surface area contributed by atoms with E-state index in [9.17, 15) is 19.2 Å². The Morgan fingerprint density at radius 3 is 2.23 bits per heavy atom. The summed E-state index contributed by atoms with van der Waals surface area (Å²) in [5.41, 5.74) is 3.98. The van der Waals surface area contributed by atoms with Crippen molar-refractivity contribution in [3.63, 3.8) is 0 Å². The molecule has 6 rings (SSSR count). The highest BCUT2D eigenvalue weighted by atomic mass is 32.2. The van der Waals surface area contributed by atoms with Crippen LogP contribution in [0, 0.1) is 12.8 Å². The Morgan fingerprint density at radius 1 is 0.930 bits per heavy atom. The lowest BCUT2D eigenvalue weighted by Crippen LogP contribution is -2.33. The third-order valence-electron chi connectivity index (χ3n) is 7.79. The van der Waals surface area contributed by atoms with Gasteiger partial charge in [-0.2, -0.15) is 0 Å². The second-order valence-electron chi connectivity index (χ2n) is 10.8. The Hall–Kier alpha value is -4.35. The van der Waals surface area contributed by atoms with Crippen LogP contribution in [0.5, 0.6) is 5.75 Å². The maximum absolute atomic E-state index is 14.1. The fourth-order valence-corrected chi connectivity index (χ4v) is 8.33. The number of methoxy groups -OCH3 is 1. The quantitative estimate of drug-likeness (QED) is 0.301. The fourth-order valence-electron chi connectivity index (χ4n) is 5.56. The summed E-state index contributed by atoms with van der Waals surface area (Å²) in [5.74, 6) is -1.65. The molecule has 3 aromatic carbocycles. The SMILES string of the molecule is COc1ccc(N2C(=O)[C@H]3[C@H](c4ccc(N(C)C)cc4)c4sc(=O)n(CC(=O)Nc5ccc(C)cc5)c4S[C@H]3C2=O)cc1. The minimum atomic E-state index is -0.763. The standard InChI is InChI=1S/C32H30N4O5S2/c1-18-5-9-20(10-6-18)33-24(37)17-35-31-28(43-32(35)40)25(19-7-11-21(12-8-19)34(2)3)26-27(42-31)30(39)36(29(26)38)22-13-15-23(41-4)16-14-22/h5-16,25-27H,17H2,1-4H3,(H,33,37)/t25-,26-,27+/m0/s1. The van der Waals surface area contributed by atoms with Gasteiger partial charge in [-0.05, 0) is 61.0 Å². The number of amides is 3. The van der Waals surface area contributed by atoms with Crippen LogP contribution in [-0.2, 0) is 20.9 Å². The molecule has 0 saturated carbocycles. The second-order valence-corrected chi connectivity index (χ2v) is 12.9. The van der Waals surface area contributed by atoms with E-state index in [1.807, 2.05) is 74.4 Å². The number of imide groups is 1. The molecule has 220 valence electrons. The maximum atomic E-state index is 14.1. The summed E-state index contributed by atoms with van der Waals surface area (Å²) in [6.45, 7) is 1.75. The van der Waals surface area contributed by atoms with E-state index in [4.69, 9.17) is 4.74 Å². The van der Waals surface area contributed by atoms with Gasteiger partial charge in [0.2, 0.25) is 17.7 Å². The van der Waals surface area contributed by atoms with Crippen LogP contribution >= 0.6 is 23.1 Å². The molecule has 3 atom stereocenters. The normalized spacial score (nSPS) is 19.2. The molecule has 1 N–H and O–H groups in total. The Morgan fingerprint density at radius 2 is 1.60 bits per heavy atom. The lowest BCUT2D eigenvalue weighted by Gasteiger charge is -2.31. The molecule has 2 aliphatic rings. The summed E-state index contributed by atoms with van der Waals surface area (Å²) >= 11 is 2.23. The van der Waals surface area contributed by atoms with E-state index in [0.717, 1.165) is 28.2 Å². The zero-order valence-electron chi connectivity index (χ0n) is 24.1. The molecular formula is C32H30N4O5S2. The van der Waals surface area contributed by atoms with E-state index in [1.165, 1.54) is 21.2 Å².